The van der Waals surface area contributed by atoms with Crippen molar-refractivity contribution < 1.29 is 0 Å². The molecule has 0 bridgehead atoms. The lowest BCUT2D eigenvalue weighted by atomic mass is 10.6. The maximum Gasteiger partial charge on any atom is 0.0998 e. The number of aliphatic imine (C=N–C) groups is 1. The van der Waals surface area contributed by atoms with Crippen molar-refractivity contribution in [3.63, 3.8) is 0 Å². The maximum absolute atomic E-state index is 3.85. The van der Waals surface area contributed by atoms with E-state index >= 15 is 0 Å². The summed E-state index contributed by atoms with van der Waals surface area (Å²) in [6.45, 7) is 7.18. The molecule has 3 nitrogen and oxygen atoms in total. The van der Waals surface area contributed by atoms with Crippen LogP contribution in [0.15, 0.2) is 29.8 Å². The van der Waals surface area contributed by atoms with Crippen molar-refractivity contribution >= 4 is 6.72 Å². The fourth-order valence-electron chi connectivity index (χ4n) is 0.549. The third-order valence-electron chi connectivity index (χ3n) is 1.32. The molecule has 3 heteroatoms. The molecule has 0 aromatic rings. The highest BCUT2D eigenvalue weighted by molar-refractivity contribution is 5.25. The number of hydrogen-bond acceptors (Lipinski definition) is 3. The Morgan fingerprint density at radius 1 is 1.36 bits per heavy atom. The van der Waals surface area contributed by atoms with E-state index in [1.54, 1.807) is 12.4 Å². The smallest absolute Gasteiger partial charge is 0.0998 e. The van der Waals surface area contributed by atoms with E-state index in [-0.39, 0.29) is 0 Å². The summed E-state index contributed by atoms with van der Waals surface area (Å²) in [4.78, 5) is 7.38. The third-order valence-corrected chi connectivity index (χ3v) is 1.32. The Balaban J connectivity index is 4.02. The minimum absolute atomic E-state index is 0.907. The normalized spacial score (nSPS) is 9.73. The molecule has 0 saturated heterocycles. The van der Waals surface area contributed by atoms with Gasteiger partial charge in [-0.15, -0.1) is 0 Å². The predicted octanol–water partition coefficient (Wildman–Crippen LogP) is 1.12. The van der Waals surface area contributed by atoms with Crippen LogP contribution >= 0.6 is 0 Å². The summed E-state index contributed by atoms with van der Waals surface area (Å²) in [7, 11) is 5.78. The zero-order valence-electron chi connectivity index (χ0n) is 7.41. The van der Waals surface area contributed by atoms with E-state index in [2.05, 4.69) is 18.3 Å². The van der Waals surface area contributed by atoms with E-state index in [1.165, 1.54) is 0 Å². The van der Waals surface area contributed by atoms with Crippen LogP contribution in [0.25, 0.3) is 0 Å². The molecule has 0 spiro atoms. The van der Waals surface area contributed by atoms with Gasteiger partial charge in [0.15, 0.2) is 0 Å². The molecule has 0 heterocycles. The molecule has 0 rings (SSSR count). The van der Waals surface area contributed by atoms with Crippen LogP contribution in [-0.2, 0) is 0 Å². The molecule has 62 valence electrons. The molecule has 0 N–H and O–H groups in total. The molecule has 0 aliphatic rings. The monoisotopic (exact) mass is 153 g/mol. The number of nitrogens with zero attached hydrogens (tertiary/aromatic N) is 3. The van der Waals surface area contributed by atoms with Gasteiger partial charge in [-0.1, -0.05) is 6.58 Å². The number of rotatable bonds is 4. The van der Waals surface area contributed by atoms with Crippen LogP contribution in [0.5, 0.6) is 0 Å². The summed E-state index contributed by atoms with van der Waals surface area (Å²) in [5.41, 5.74) is 0. The Kier molecular flexibility index (Phi) is 4.03. The zero-order valence-corrected chi connectivity index (χ0v) is 7.41. The molecule has 0 saturated carbocycles. The van der Waals surface area contributed by atoms with Gasteiger partial charge in [0, 0.05) is 33.5 Å². The van der Waals surface area contributed by atoms with Crippen LogP contribution in [0.4, 0.5) is 0 Å². The summed E-state index contributed by atoms with van der Waals surface area (Å²) in [6, 6.07) is 0. The van der Waals surface area contributed by atoms with Crippen LogP contribution in [-0.4, -0.2) is 37.7 Å². The summed E-state index contributed by atoms with van der Waals surface area (Å²) >= 11 is 0. The zero-order chi connectivity index (χ0) is 8.85. The average Bonchev–Trinajstić information content (AvgIpc) is 1.98. The van der Waals surface area contributed by atoms with Crippen LogP contribution in [0.3, 0.4) is 0 Å². The Bertz CT molecular complexity index is 170. The van der Waals surface area contributed by atoms with E-state index in [1.807, 2.05) is 30.9 Å². The van der Waals surface area contributed by atoms with E-state index in [0.717, 1.165) is 5.82 Å². The first-order valence-corrected chi connectivity index (χ1v) is 3.31. The topological polar surface area (TPSA) is 18.8 Å². The van der Waals surface area contributed by atoms with Gasteiger partial charge in [-0.2, -0.15) is 0 Å². The molecule has 11 heavy (non-hydrogen) atoms. The first kappa shape index (κ1) is 9.75. The Morgan fingerprint density at radius 2 is 1.91 bits per heavy atom. The lowest BCUT2D eigenvalue weighted by Crippen LogP contribution is -2.22. The van der Waals surface area contributed by atoms with Gasteiger partial charge in [-0.25, -0.2) is 0 Å². The van der Waals surface area contributed by atoms with Gasteiger partial charge >= 0.3 is 0 Å². The maximum atomic E-state index is 3.85. The molecule has 0 amide bonds. The lowest BCUT2D eigenvalue weighted by molar-refractivity contribution is 0.369. The fraction of sp³-hybridized carbons (Fsp3) is 0.375. The average molecular weight is 153 g/mol. The van der Waals surface area contributed by atoms with Crippen molar-refractivity contribution in [1.29, 1.82) is 0 Å². The van der Waals surface area contributed by atoms with Crippen molar-refractivity contribution in [3.8, 4) is 0 Å². The quantitative estimate of drug-likeness (QED) is 0.564. The van der Waals surface area contributed by atoms with Crippen molar-refractivity contribution in [3.05, 3.63) is 24.8 Å². The highest BCUT2D eigenvalue weighted by Crippen LogP contribution is 2.00. The number of hydrogen-bond donors (Lipinski definition) is 0. The van der Waals surface area contributed by atoms with Gasteiger partial charge < -0.3 is 9.80 Å². The van der Waals surface area contributed by atoms with E-state index in [9.17, 15) is 0 Å². The van der Waals surface area contributed by atoms with E-state index < -0.39 is 0 Å². The van der Waals surface area contributed by atoms with Gasteiger partial charge in [0.25, 0.3) is 0 Å². The summed E-state index contributed by atoms with van der Waals surface area (Å²) < 4.78 is 0. The summed E-state index contributed by atoms with van der Waals surface area (Å²) in [5.74, 6) is 0.907. The van der Waals surface area contributed by atoms with Gasteiger partial charge in [0.05, 0.1) is 5.82 Å². The minimum atomic E-state index is 0.907. The molecule has 0 aromatic heterocycles. The molecule has 0 aliphatic heterocycles. The van der Waals surface area contributed by atoms with Crippen molar-refractivity contribution in [1.82, 2.24) is 9.80 Å². The molecule has 0 unspecified atom stereocenters. The van der Waals surface area contributed by atoms with Crippen molar-refractivity contribution in [2.75, 3.05) is 21.1 Å². The van der Waals surface area contributed by atoms with Gasteiger partial charge in [0.2, 0.25) is 0 Å². The molecule has 0 aromatic carbocycles. The summed E-state index contributed by atoms with van der Waals surface area (Å²) in [5, 5.41) is 0. The Hall–Kier alpha value is -1.25. The predicted molar refractivity (Wildman–Crippen MR) is 49.3 cm³/mol. The molecular formula is C8H15N3. The third kappa shape index (κ3) is 3.45. The van der Waals surface area contributed by atoms with Crippen LogP contribution < -0.4 is 0 Å². The fourth-order valence-corrected chi connectivity index (χ4v) is 0.549. The second-order valence-electron chi connectivity index (χ2n) is 2.40. The van der Waals surface area contributed by atoms with Crippen LogP contribution in [0.1, 0.15) is 0 Å². The van der Waals surface area contributed by atoms with Gasteiger partial charge in [-0.3, -0.25) is 4.99 Å². The van der Waals surface area contributed by atoms with Gasteiger partial charge in [-0.05, 0) is 6.72 Å². The highest BCUT2D eigenvalue weighted by Gasteiger charge is 1.97. The SMILES string of the molecule is C=N/C=C\N(C)C(=C)N(C)C. The first-order chi connectivity index (χ1) is 5.09. The van der Waals surface area contributed by atoms with Crippen LogP contribution in [0, 0.1) is 0 Å². The van der Waals surface area contributed by atoms with Gasteiger partial charge in [0.1, 0.15) is 0 Å². The van der Waals surface area contributed by atoms with Crippen molar-refractivity contribution in [2.24, 2.45) is 4.99 Å². The molecule has 0 aliphatic carbocycles. The van der Waals surface area contributed by atoms with Crippen LogP contribution in [0.2, 0.25) is 0 Å². The standard InChI is InChI=1S/C8H15N3/c1-8(10(3)4)11(5)7-6-9-2/h6-7H,1-2H2,3-5H3/b7-6-. The van der Waals surface area contributed by atoms with E-state index in [4.69, 9.17) is 0 Å². The highest BCUT2D eigenvalue weighted by atomic mass is 15.3. The second-order valence-corrected chi connectivity index (χ2v) is 2.40. The first-order valence-electron chi connectivity index (χ1n) is 3.31. The molecule has 0 atom stereocenters. The Morgan fingerprint density at radius 3 is 2.27 bits per heavy atom. The molecule has 0 radical (unpaired) electrons. The molecular weight excluding hydrogens is 138 g/mol. The lowest BCUT2D eigenvalue weighted by Gasteiger charge is -2.23. The van der Waals surface area contributed by atoms with E-state index in [0.29, 0.717) is 0 Å². The minimum Gasteiger partial charge on any atom is -0.365 e. The Labute approximate surface area is 68.3 Å². The second kappa shape index (κ2) is 4.55. The summed E-state index contributed by atoms with van der Waals surface area (Å²) in [6.07, 6.45) is 3.42. The largest absolute Gasteiger partial charge is 0.365 e. The van der Waals surface area contributed by atoms with Crippen molar-refractivity contribution in [2.45, 2.75) is 0 Å². The molecule has 0 fully saturated rings.